The molecule has 1 saturated heterocycles. The van der Waals surface area contributed by atoms with Crippen molar-refractivity contribution in [1.29, 1.82) is 0 Å². The second-order valence-corrected chi connectivity index (χ2v) is 2.74. The number of rotatable bonds is 5. The van der Waals surface area contributed by atoms with Crippen LogP contribution in [0.15, 0.2) is 0 Å². The topological polar surface area (TPSA) is 35.5 Å². The Kier molecular flexibility index (Phi) is 3.98. The van der Waals surface area contributed by atoms with Gasteiger partial charge in [0.15, 0.2) is 0 Å². The molecule has 0 aromatic heterocycles. The Morgan fingerprint density at radius 2 is 2.55 bits per heavy atom. The molecule has 1 atom stereocenters. The van der Waals surface area contributed by atoms with Crippen molar-refractivity contribution >= 4 is 6.47 Å². The molecule has 0 aromatic carbocycles. The summed E-state index contributed by atoms with van der Waals surface area (Å²) in [5.41, 5.74) is 0. The van der Waals surface area contributed by atoms with Crippen molar-refractivity contribution < 1.29 is 14.3 Å². The van der Waals surface area contributed by atoms with E-state index in [0.717, 1.165) is 19.4 Å². The van der Waals surface area contributed by atoms with Crippen LogP contribution in [-0.4, -0.2) is 25.8 Å². The molecule has 0 bridgehead atoms. The van der Waals surface area contributed by atoms with Gasteiger partial charge in [0, 0.05) is 6.61 Å². The summed E-state index contributed by atoms with van der Waals surface area (Å²) in [6, 6.07) is 0. The van der Waals surface area contributed by atoms with Gasteiger partial charge in [-0.1, -0.05) is 0 Å². The average Bonchev–Trinajstić information content (AvgIpc) is 2.50. The highest BCUT2D eigenvalue weighted by atomic mass is 16.5. The molecular weight excluding hydrogens is 144 g/mol. The molecule has 1 heterocycles. The van der Waals surface area contributed by atoms with Gasteiger partial charge in [-0.3, -0.25) is 4.79 Å². The van der Waals surface area contributed by atoms with Gasteiger partial charge in [-0.05, 0) is 25.7 Å². The van der Waals surface area contributed by atoms with E-state index in [9.17, 15) is 4.79 Å². The summed E-state index contributed by atoms with van der Waals surface area (Å²) in [5.74, 6) is 0. The lowest BCUT2D eigenvalue weighted by atomic mass is 10.1. The second-order valence-electron chi connectivity index (χ2n) is 2.74. The van der Waals surface area contributed by atoms with Crippen LogP contribution in [0.4, 0.5) is 0 Å². The van der Waals surface area contributed by atoms with E-state index in [4.69, 9.17) is 4.74 Å². The van der Waals surface area contributed by atoms with Crippen molar-refractivity contribution in [2.24, 2.45) is 0 Å². The highest BCUT2D eigenvalue weighted by molar-refractivity contribution is 5.36. The highest BCUT2D eigenvalue weighted by Crippen LogP contribution is 2.16. The zero-order valence-electron chi connectivity index (χ0n) is 6.62. The lowest BCUT2D eigenvalue weighted by Gasteiger charge is -2.07. The van der Waals surface area contributed by atoms with Crippen molar-refractivity contribution in [3.63, 3.8) is 0 Å². The third-order valence-electron chi connectivity index (χ3n) is 1.88. The van der Waals surface area contributed by atoms with Gasteiger partial charge in [-0.15, -0.1) is 0 Å². The number of carbonyl (C=O) groups is 1. The predicted octanol–water partition coefficient (Wildman–Crippen LogP) is 1.12. The van der Waals surface area contributed by atoms with E-state index in [0.29, 0.717) is 19.2 Å². The SMILES string of the molecule is O=COCCCC1CCCO1. The zero-order valence-corrected chi connectivity index (χ0v) is 6.62. The predicted molar refractivity (Wildman–Crippen MR) is 40.2 cm³/mol. The van der Waals surface area contributed by atoms with E-state index in [-0.39, 0.29) is 0 Å². The Morgan fingerprint density at radius 3 is 3.18 bits per heavy atom. The molecule has 1 aliphatic rings. The Hall–Kier alpha value is -0.570. The Balaban J connectivity index is 1.89. The maximum absolute atomic E-state index is 9.75. The molecule has 0 aromatic rings. The van der Waals surface area contributed by atoms with E-state index < -0.39 is 0 Å². The first-order chi connectivity index (χ1) is 5.43. The molecule has 11 heavy (non-hydrogen) atoms. The first-order valence-corrected chi connectivity index (χ1v) is 4.10. The number of hydrogen-bond acceptors (Lipinski definition) is 3. The average molecular weight is 158 g/mol. The molecule has 64 valence electrons. The van der Waals surface area contributed by atoms with E-state index in [1.807, 2.05) is 0 Å². The lowest BCUT2D eigenvalue weighted by Crippen LogP contribution is -2.06. The van der Waals surface area contributed by atoms with E-state index in [1.165, 1.54) is 12.8 Å². The second kappa shape index (κ2) is 5.13. The Bertz CT molecular complexity index is 108. The summed E-state index contributed by atoms with van der Waals surface area (Å²) < 4.78 is 9.95. The minimum atomic E-state index is 0.422. The van der Waals surface area contributed by atoms with Gasteiger partial charge in [-0.2, -0.15) is 0 Å². The molecule has 1 aliphatic heterocycles. The van der Waals surface area contributed by atoms with Crippen LogP contribution in [0.1, 0.15) is 25.7 Å². The number of hydrogen-bond donors (Lipinski definition) is 0. The normalized spacial score (nSPS) is 23.5. The zero-order chi connectivity index (χ0) is 7.94. The summed E-state index contributed by atoms with van der Waals surface area (Å²) in [7, 11) is 0. The van der Waals surface area contributed by atoms with Gasteiger partial charge in [-0.25, -0.2) is 0 Å². The molecule has 0 amide bonds. The van der Waals surface area contributed by atoms with Crippen LogP contribution in [0.25, 0.3) is 0 Å². The van der Waals surface area contributed by atoms with Crippen LogP contribution in [-0.2, 0) is 14.3 Å². The van der Waals surface area contributed by atoms with Crippen molar-refractivity contribution in [3.8, 4) is 0 Å². The lowest BCUT2D eigenvalue weighted by molar-refractivity contribution is -0.128. The molecule has 1 rings (SSSR count). The largest absolute Gasteiger partial charge is 0.468 e. The first-order valence-electron chi connectivity index (χ1n) is 4.10. The molecule has 0 aliphatic carbocycles. The van der Waals surface area contributed by atoms with Crippen LogP contribution in [0.3, 0.4) is 0 Å². The van der Waals surface area contributed by atoms with Crippen molar-refractivity contribution in [2.45, 2.75) is 31.8 Å². The van der Waals surface area contributed by atoms with Crippen molar-refractivity contribution in [3.05, 3.63) is 0 Å². The number of carbonyl (C=O) groups excluding carboxylic acids is 1. The minimum Gasteiger partial charge on any atom is -0.468 e. The van der Waals surface area contributed by atoms with Crippen LogP contribution >= 0.6 is 0 Å². The van der Waals surface area contributed by atoms with Gasteiger partial charge < -0.3 is 9.47 Å². The smallest absolute Gasteiger partial charge is 0.293 e. The monoisotopic (exact) mass is 158 g/mol. The van der Waals surface area contributed by atoms with Gasteiger partial charge in [0.05, 0.1) is 12.7 Å². The summed E-state index contributed by atoms with van der Waals surface area (Å²) >= 11 is 0. The van der Waals surface area contributed by atoms with E-state index >= 15 is 0 Å². The van der Waals surface area contributed by atoms with Crippen molar-refractivity contribution in [1.82, 2.24) is 0 Å². The third kappa shape index (κ3) is 3.37. The van der Waals surface area contributed by atoms with E-state index in [2.05, 4.69) is 4.74 Å². The van der Waals surface area contributed by atoms with Crippen LogP contribution in [0.2, 0.25) is 0 Å². The molecule has 1 fully saturated rings. The fourth-order valence-electron chi connectivity index (χ4n) is 1.31. The summed E-state index contributed by atoms with van der Waals surface area (Å²) in [6.07, 6.45) is 4.71. The molecule has 0 spiro atoms. The van der Waals surface area contributed by atoms with Gasteiger partial charge in [0.2, 0.25) is 0 Å². The van der Waals surface area contributed by atoms with Crippen LogP contribution in [0, 0.1) is 0 Å². The summed E-state index contributed by atoms with van der Waals surface area (Å²) in [6.45, 7) is 1.93. The maximum atomic E-state index is 9.75. The molecule has 0 saturated carbocycles. The highest BCUT2D eigenvalue weighted by Gasteiger charge is 2.14. The molecule has 0 radical (unpaired) electrons. The van der Waals surface area contributed by atoms with Crippen molar-refractivity contribution in [2.75, 3.05) is 13.2 Å². The summed E-state index contributed by atoms with van der Waals surface area (Å²) in [4.78, 5) is 9.75. The van der Waals surface area contributed by atoms with Gasteiger partial charge in [0.25, 0.3) is 6.47 Å². The Labute approximate surface area is 66.7 Å². The maximum Gasteiger partial charge on any atom is 0.293 e. The molecule has 3 nitrogen and oxygen atoms in total. The first kappa shape index (κ1) is 8.53. The minimum absolute atomic E-state index is 0.422. The van der Waals surface area contributed by atoms with Crippen LogP contribution in [0.5, 0.6) is 0 Å². The third-order valence-corrected chi connectivity index (χ3v) is 1.88. The van der Waals surface area contributed by atoms with Gasteiger partial charge in [0.1, 0.15) is 0 Å². The fraction of sp³-hybridized carbons (Fsp3) is 0.875. The van der Waals surface area contributed by atoms with Gasteiger partial charge >= 0.3 is 0 Å². The number of ether oxygens (including phenoxy) is 2. The van der Waals surface area contributed by atoms with E-state index in [1.54, 1.807) is 0 Å². The standard InChI is InChI=1S/C8H14O3/c9-7-10-5-1-3-8-4-2-6-11-8/h7-8H,1-6H2. The molecular formula is C8H14O3. The molecule has 1 unspecified atom stereocenters. The molecule has 0 N–H and O–H groups in total. The fourth-order valence-corrected chi connectivity index (χ4v) is 1.31. The quantitative estimate of drug-likeness (QED) is 0.444. The Morgan fingerprint density at radius 1 is 1.64 bits per heavy atom. The van der Waals surface area contributed by atoms with Crippen LogP contribution < -0.4 is 0 Å². The molecule has 3 heteroatoms. The summed E-state index contributed by atoms with van der Waals surface area (Å²) in [5, 5.41) is 0.